The molecule has 0 saturated carbocycles. The minimum atomic E-state index is 0. The molecule has 1 saturated heterocycles. The zero-order valence-corrected chi connectivity index (χ0v) is 20.3. The zero-order valence-electron chi connectivity index (χ0n) is 18.0. The highest BCUT2D eigenvalue weighted by atomic mass is 127. The number of halogens is 1. The van der Waals surface area contributed by atoms with Gasteiger partial charge in [0.05, 0.1) is 6.54 Å². The summed E-state index contributed by atoms with van der Waals surface area (Å²) in [5, 5.41) is 6.76. The number of hydrogen-bond donors (Lipinski definition) is 2. The van der Waals surface area contributed by atoms with E-state index >= 15 is 0 Å². The molecule has 1 amide bonds. The van der Waals surface area contributed by atoms with E-state index in [4.69, 9.17) is 4.99 Å². The predicted octanol–water partition coefficient (Wildman–Crippen LogP) is 4.24. The zero-order chi connectivity index (χ0) is 20.5. The Morgan fingerprint density at radius 3 is 2.33 bits per heavy atom. The Labute approximate surface area is 197 Å². The lowest BCUT2D eigenvalue weighted by Gasteiger charge is -2.15. The van der Waals surface area contributed by atoms with Crippen LogP contribution in [-0.2, 0) is 30.8 Å². The van der Waals surface area contributed by atoms with E-state index in [0.29, 0.717) is 19.5 Å². The van der Waals surface area contributed by atoms with Crippen LogP contribution in [0, 0.1) is 0 Å². The molecular weight excluding hydrogens is 487 g/mol. The molecule has 30 heavy (non-hydrogen) atoms. The van der Waals surface area contributed by atoms with Crippen molar-refractivity contribution < 1.29 is 4.79 Å². The molecule has 0 aliphatic carbocycles. The van der Waals surface area contributed by atoms with E-state index in [1.165, 1.54) is 16.7 Å². The Kier molecular flexibility index (Phi) is 10.1. The van der Waals surface area contributed by atoms with Crippen LogP contribution >= 0.6 is 24.0 Å². The maximum absolute atomic E-state index is 11.8. The van der Waals surface area contributed by atoms with Gasteiger partial charge in [0, 0.05) is 32.6 Å². The summed E-state index contributed by atoms with van der Waals surface area (Å²) < 4.78 is 0. The van der Waals surface area contributed by atoms with Crippen molar-refractivity contribution in [3.05, 3.63) is 70.8 Å². The van der Waals surface area contributed by atoms with Crippen molar-refractivity contribution in [3.8, 4) is 0 Å². The number of amides is 1. The first kappa shape index (κ1) is 24.2. The smallest absolute Gasteiger partial charge is 0.222 e. The molecule has 3 rings (SSSR count). The molecule has 1 aliphatic rings. The average molecular weight is 520 g/mol. The van der Waals surface area contributed by atoms with Gasteiger partial charge in [0.2, 0.25) is 5.91 Å². The number of nitrogens with zero attached hydrogens (tertiary/aromatic N) is 2. The first-order valence-electron chi connectivity index (χ1n) is 10.6. The van der Waals surface area contributed by atoms with E-state index < -0.39 is 0 Å². The molecule has 0 bridgehead atoms. The largest absolute Gasteiger partial charge is 0.357 e. The van der Waals surface area contributed by atoms with Crippen molar-refractivity contribution >= 4 is 35.8 Å². The highest BCUT2D eigenvalue weighted by molar-refractivity contribution is 14.0. The summed E-state index contributed by atoms with van der Waals surface area (Å²) in [5.74, 6) is 1.09. The number of benzene rings is 2. The second kappa shape index (κ2) is 12.6. The van der Waals surface area contributed by atoms with Crippen LogP contribution < -0.4 is 10.6 Å². The summed E-state index contributed by atoms with van der Waals surface area (Å²) in [5.41, 5.74) is 5.01. The summed E-state index contributed by atoms with van der Waals surface area (Å²) in [6.07, 6.45) is 2.70. The highest BCUT2D eigenvalue weighted by Gasteiger charge is 2.19. The fraction of sp³-hybridized carbons (Fsp3) is 0.417. The third kappa shape index (κ3) is 7.00. The first-order valence-corrected chi connectivity index (χ1v) is 10.6. The van der Waals surface area contributed by atoms with Crippen molar-refractivity contribution in [1.29, 1.82) is 0 Å². The van der Waals surface area contributed by atoms with E-state index in [1.807, 2.05) is 4.90 Å². The van der Waals surface area contributed by atoms with Crippen LogP contribution in [0.5, 0.6) is 0 Å². The van der Waals surface area contributed by atoms with Crippen LogP contribution in [-0.4, -0.2) is 29.9 Å². The number of aryl methyl sites for hydroxylation is 1. The van der Waals surface area contributed by atoms with Crippen molar-refractivity contribution in [2.45, 2.75) is 52.7 Å². The molecule has 0 aromatic heterocycles. The van der Waals surface area contributed by atoms with Gasteiger partial charge >= 0.3 is 0 Å². The molecule has 2 aromatic rings. The van der Waals surface area contributed by atoms with Gasteiger partial charge in [-0.25, -0.2) is 4.99 Å². The molecule has 2 N–H and O–H groups in total. The molecule has 1 heterocycles. The minimum absolute atomic E-state index is 0. The summed E-state index contributed by atoms with van der Waals surface area (Å²) in [7, 11) is 0. The molecule has 1 aliphatic heterocycles. The Bertz CT molecular complexity index is 835. The van der Waals surface area contributed by atoms with Gasteiger partial charge < -0.3 is 15.5 Å². The SMILES string of the molecule is CCNC(=NCc1ccc(CN2CCCC2=O)cc1)NCc1ccccc1CC.I. The first-order chi connectivity index (χ1) is 14.2. The highest BCUT2D eigenvalue weighted by Crippen LogP contribution is 2.15. The van der Waals surface area contributed by atoms with Crippen molar-refractivity contribution in [3.63, 3.8) is 0 Å². The van der Waals surface area contributed by atoms with Crippen LogP contribution in [0.2, 0.25) is 0 Å². The van der Waals surface area contributed by atoms with Gasteiger partial charge in [-0.05, 0) is 42.0 Å². The van der Waals surface area contributed by atoms with Gasteiger partial charge in [-0.15, -0.1) is 24.0 Å². The fourth-order valence-corrected chi connectivity index (χ4v) is 3.61. The molecule has 162 valence electrons. The molecule has 0 atom stereocenters. The summed E-state index contributed by atoms with van der Waals surface area (Å²) in [6, 6.07) is 16.9. The number of carbonyl (C=O) groups excluding carboxylic acids is 1. The second-order valence-electron chi connectivity index (χ2n) is 7.41. The van der Waals surface area contributed by atoms with Crippen molar-refractivity contribution in [2.75, 3.05) is 13.1 Å². The Hall–Kier alpha value is -2.09. The van der Waals surface area contributed by atoms with Crippen molar-refractivity contribution in [2.24, 2.45) is 4.99 Å². The normalized spacial score (nSPS) is 13.9. The third-order valence-electron chi connectivity index (χ3n) is 5.28. The molecule has 6 heteroatoms. The molecule has 5 nitrogen and oxygen atoms in total. The Balaban J connectivity index is 0.00000320. The maximum atomic E-state index is 11.8. The predicted molar refractivity (Wildman–Crippen MR) is 134 cm³/mol. The number of aliphatic imine (C=N–C) groups is 1. The van der Waals surface area contributed by atoms with E-state index in [9.17, 15) is 4.79 Å². The number of nitrogens with one attached hydrogen (secondary N) is 2. The van der Waals surface area contributed by atoms with Gasteiger partial charge in [-0.2, -0.15) is 0 Å². The molecular formula is C24H33IN4O. The van der Waals surface area contributed by atoms with Crippen LogP contribution in [0.3, 0.4) is 0 Å². The minimum Gasteiger partial charge on any atom is -0.357 e. The third-order valence-corrected chi connectivity index (χ3v) is 5.28. The number of hydrogen-bond acceptors (Lipinski definition) is 2. The van der Waals surface area contributed by atoms with Crippen LogP contribution in [0.15, 0.2) is 53.5 Å². The molecule has 0 radical (unpaired) electrons. The number of carbonyl (C=O) groups is 1. The topological polar surface area (TPSA) is 56.7 Å². The number of guanidine groups is 1. The lowest BCUT2D eigenvalue weighted by molar-refractivity contribution is -0.128. The van der Waals surface area contributed by atoms with Gasteiger partial charge in [-0.3, -0.25) is 4.79 Å². The van der Waals surface area contributed by atoms with E-state index in [0.717, 1.165) is 44.0 Å². The lowest BCUT2D eigenvalue weighted by atomic mass is 10.1. The van der Waals surface area contributed by atoms with E-state index in [2.05, 4.69) is 73.0 Å². The van der Waals surface area contributed by atoms with Crippen molar-refractivity contribution in [1.82, 2.24) is 15.5 Å². The second-order valence-corrected chi connectivity index (χ2v) is 7.41. The number of likely N-dealkylation sites (tertiary alicyclic amines) is 1. The molecule has 1 fully saturated rings. The van der Waals surface area contributed by atoms with Gasteiger partial charge in [0.25, 0.3) is 0 Å². The van der Waals surface area contributed by atoms with Gasteiger partial charge in [-0.1, -0.05) is 55.5 Å². The molecule has 2 aromatic carbocycles. The van der Waals surface area contributed by atoms with Crippen LogP contribution in [0.1, 0.15) is 48.9 Å². The van der Waals surface area contributed by atoms with Gasteiger partial charge in [0.1, 0.15) is 0 Å². The van der Waals surface area contributed by atoms with E-state index in [1.54, 1.807) is 0 Å². The lowest BCUT2D eigenvalue weighted by Crippen LogP contribution is -2.37. The van der Waals surface area contributed by atoms with Gasteiger partial charge in [0.15, 0.2) is 5.96 Å². The summed E-state index contributed by atoms with van der Waals surface area (Å²) in [4.78, 5) is 18.5. The molecule has 0 unspecified atom stereocenters. The molecule has 0 spiro atoms. The van der Waals surface area contributed by atoms with Crippen LogP contribution in [0.25, 0.3) is 0 Å². The number of rotatable bonds is 8. The standard InChI is InChI=1S/C24H32N4O.HI/c1-3-21-8-5-6-9-22(21)17-27-24(25-4-2)26-16-19-11-13-20(14-12-19)18-28-15-7-10-23(28)29;/h5-6,8-9,11-14H,3-4,7,10,15-18H2,1-2H3,(H2,25,26,27);1H. The average Bonchev–Trinajstić information content (AvgIpc) is 3.15. The monoisotopic (exact) mass is 520 g/mol. The maximum Gasteiger partial charge on any atom is 0.222 e. The Morgan fingerprint density at radius 1 is 1.00 bits per heavy atom. The fourth-order valence-electron chi connectivity index (χ4n) is 3.61. The quantitative estimate of drug-likeness (QED) is 0.311. The van der Waals surface area contributed by atoms with Crippen LogP contribution in [0.4, 0.5) is 0 Å². The van der Waals surface area contributed by atoms with E-state index in [-0.39, 0.29) is 29.9 Å². The summed E-state index contributed by atoms with van der Waals surface area (Å²) >= 11 is 0. The summed E-state index contributed by atoms with van der Waals surface area (Å²) in [6.45, 7) is 8.05. The Morgan fingerprint density at radius 2 is 1.70 bits per heavy atom.